The Kier molecular flexibility index (Phi) is 2.30. The summed E-state index contributed by atoms with van der Waals surface area (Å²) in [6, 6.07) is 2.33. The maximum Gasteiger partial charge on any atom is 0.152 e. The van der Waals surface area contributed by atoms with E-state index in [9.17, 15) is 0 Å². The molecule has 2 aromatic rings. The van der Waals surface area contributed by atoms with Crippen molar-refractivity contribution in [2.24, 2.45) is 5.41 Å². The lowest BCUT2D eigenvalue weighted by molar-refractivity contribution is 0.168. The van der Waals surface area contributed by atoms with Gasteiger partial charge in [-0.2, -0.15) is 5.10 Å². The van der Waals surface area contributed by atoms with E-state index in [0.717, 1.165) is 17.8 Å². The van der Waals surface area contributed by atoms with E-state index in [1.807, 2.05) is 16.8 Å². The molecule has 1 fully saturated rings. The van der Waals surface area contributed by atoms with Gasteiger partial charge in [-0.25, -0.2) is 9.50 Å². The molecule has 4 nitrogen and oxygen atoms in total. The number of anilines is 1. The van der Waals surface area contributed by atoms with Gasteiger partial charge in [-0.15, -0.1) is 11.6 Å². The summed E-state index contributed by atoms with van der Waals surface area (Å²) in [6.07, 6.45) is 6.35. The second kappa shape index (κ2) is 3.60. The topological polar surface area (TPSA) is 42.2 Å². The summed E-state index contributed by atoms with van der Waals surface area (Å²) in [5.41, 5.74) is 1.11. The minimum Gasteiger partial charge on any atom is -0.365 e. The summed E-state index contributed by atoms with van der Waals surface area (Å²) < 4.78 is 1.82. The predicted octanol–water partition coefficient (Wildman–Crippen LogP) is 2.55. The van der Waals surface area contributed by atoms with Crippen LogP contribution in [-0.4, -0.2) is 26.0 Å². The minimum absolute atomic E-state index is 0.107. The monoisotopic (exact) mass is 250 g/mol. The van der Waals surface area contributed by atoms with E-state index in [2.05, 4.69) is 29.2 Å². The molecule has 0 saturated heterocycles. The van der Waals surface area contributed by atoms with Gasteiger partial charge < -0.3 is 5.32 Å². The molecule has 2 heterocycles. The van der Waals surface area contributed by atoms with Crippen LogP contribution in [0.1, 0.15) is 20.3 Å². The molecule has 1 saturated carbocycles. The molecule has 2 aromatic heterocycles. The maximum atomic E-state index is 6.22. The highest BCUT2D eigenvalue weighted by Crippen LogP contribution is 2.45. The summed E-state index contributed by atoms with van der Waals surface area (Å²) in [4.78, 5) is 4.38. The lowest BCUT2D eigenvalue weighted by atomic mass is 9.67. The summed E-state index contributed by atoms with van der Waals surface area (Å²) in [5.74, 6) is 0.881. The first-order chi connectivity index (χ1) is 8.09. The molecule has 5 heteroatoms. The number of hydrogen-bond donors (Lipinski definition) is 1. The Balaban J connectivity index is 1.89. The van der Waals surface area contributed by atoms with Crippen molar-refractivity contribution in [3.63, 3.8) is 0 Å². The van der Waals surface area contributed by atoms with Crippen LogP contribution < -0.4 is 5.32 Å². The van der Waals surface area contributed by atoms with Crippen LogP contribution in [0.3, 0.4) is 0 Å². The van der Waals surface area contributed by atoms with Crippen LogP contribution in [0.15, 0.2) is 24.7 Å². The third-order valence-corrected chi connectivity index (χ3v) is 4.52. The van der Waals surface area contributed by atoms with Crippen LogP contribution in [0.5, 0.6) is 0 Å². The van der Waals surface area contributed by atoms with Crippen molar-refractivity contribution in [2.75, 3.05) is 5.32 Å². The molecule has 2 unspecified atom stereocenters. The van der Waals surface area contributed by atoms with Crippen molar-refractivity contribution >= 4 is 22.9 Å². The van der Waals surface area contributed by atoms with Crippen molar-refractivity contribution in [3.8, 4) is 0 Å². The Morgan fingerprint density at radius 1 is 1.47 bits per heavy atom. The summed E-state index contributed by atoms with van der Waals surface area (Å²) >= 11 is 6.22. The number of hydrogen-bond acceptors (Lipinski definition) is 3. The summed E-state index contributed by atoms with van der Waals surface area (Å²) in [6.45, 7) is 4.37. The van der Waals surface area contributed by atoms with Gasteiger partial charge in [-0.05, 0) is 12.5 Å². The lowest BCUT2D eigenvalue weighted by Gasteiger charge is -2.49. The van der Waals surface area contributed by atoms with Gasteiger partial charge in [0.2, 0.25) is 0 Å². The molecule has 3 rings (SSSR count). The van der Waals surface area contributed by atoms with E-state index in [4.69, 9.17) is 11.6 Å². The predicted molar refractivity (Wildman–Crippen MR) is 68.4 cm³/mol. The van der Waals surface area contributed by atoms with Crippen molar-refractivity contribution in [1.29, 1.82) is 0 Å². The molecule has 0 bridgehead atoms. The zero-order chi connectivity index (χ0) is 12.0. The highest BCUT2D eigenvalue weighted by molar-refractivity contribution is 6.21. The molecule has 0 aromatic carbocycles. The van der Waals surface area contributed by atoms with Crippen LogP contribution in [-0.2, 0) is 0 Å². The van der Waals surface area contributed by atoms with Crippen LogP contribution in [0.25, 0.3) is 5.52 Å². The molecule has 1 aliphatic carbocycles. The lowest BCUT2D eigenvalue weighted by Crippen LogP contribution is -2.54. The van der Waals surface area contributed by atoms with Gasteiger partial charge in [0.15, 0.2) is 5.82 Å². The van der Waals surface area contributed by atoms with E-state index < -0.39 is 0 Å². The van der Waals surface area contributed by atoms with Crippen molar-refractivity contribution < 1.29 is 0 Å². The number of fused-ring (bicyclic) bond motifs is 1. The number of halogens is 1. The first-order valence-electron chi connectivity index (χ1n) is 5.78. The molecule has 2 atom stereocenters. The fourth-order valence-corrected chi connectivity index (χ4v) is 2.58. The summed E-state index contributed by atoms with van der Waals surface area (Å²) in [7, 11) is 0. The van der Waals surface area contributed by atoms with Crippen LogP contribution >= 0.6 is 11.6 Å². The Hall–Kier alpha value is -1.29. The molecule has 0 amide bonds. The largest absolute Gasteiger partial charge is 0.365 e. The highest BCUT2D eigenvalue weighted by atomic mass is 35.5. The molecular weight excluding hydrogens is 236 g/mol. The van der Waals surface area contributed by atoms with Crippen molar-refractivity contribution in [1.82, 2.24) is 14.6 Å². The fraction of sp³-hybridized carbons (Fsp3) is 0.500. The average molecular weight is 251 g/mol. The normalized spacial score (nSPS) is 26.8. The first-order valence-corrected chi connectivity index (χ1v) is 6.21. The quantitative estimate of drug-likeness (QED) is 0.833. The zero-order valence-corrected chi connectivity index (χ0v) is 10.6. The molecule has 1 aliphatic rings. The van der Waals surface area contributed by atoms with Gasteiger partial charge in [-0.1, -0.05) is 13.8 Å². The SMILES string of the molecule is CC1(C)C(Cl)CC1Nc1nccn2nccc12. The van der Waals surface area contributed by atoms with Gasteiger partial charge in [0.05, 0.1) is 6.20 Å². The van der Waals surface area contributed by atoms with Gasteiger partial charge >= 0.3 is 0 Å². The zero-order valence-electron chi connectivity index (χ0n) is 9.89. The molecule has 17 heavy (non-hydrogen) atoms. The number of rotatable bonds is 2. The standard InChI is InChI=1S/C12H15ClN4/c1-12(2)9(13)7-10(12)16-11-8-3-4-15-17(8)6-5-14-11/h3-6,9-10H,7H2,1-2H3,(H,14,16). The Labute approximate surface area is 105 Å². The number of aromatic nitrogens is 3. The Bertz CT molecular complexity index is 548. The molecule has 90 valence electrons. The Morgan fingerprint density at radius 2 is 2.29 bits per heavy atom. The van der Waals surface area contributed by atoms with Crippen molar-refractivity contribution in [3.05, 3.63) is 24.7 Å². The molecule has 0 aliphatic heterocycles. The van der Waals surface area contributed by atoms with Crippen LogP contribution in [0.4, 0.5) is 5.82 Å². The second-order valence-corrected chi connectivity index (χ2v) is 5.69. The van der Waals surface area contributed by atoms with E-state index in [0.29, 0.717) is 6.04 Å². The summed E-state index contributed by atoms with van der Waals surface area (Å²) in [5, 5.41) is 7.90. The first kappa shape index (κ1) is 10.8. The van der Waals surface area contributed by atoms with E-state index in [1.165, 1.54) is 0 Å². The van der Waals surface area contributed by atoms with Gasteiger partial charge in [0.25, 0.3) is 0 Å². The van der Waals surface area contributed by atoms with Crippen molar-refractivity contribution in [2.45, 2.75) is 31.7 Å². The van der Waals surface area contributed by atoms with E-state index in [1.54, 1.807) is 12.4 Å². The van der Waals surface area contributed by atoms with Crippen LogP contribution in [0.2, 0.25) is 0 Å². The Morgan fingerprint density at radius 3 is 3.00 bits per heavy atom. The second-order valence-electron chi connectivity index (χ2n) is 5.16. The highest BCUT2D eigenvalue weighted by Gasteiger charge is 2.47. The van der Waals surface area contributed by atoms with Gasteiger partial charge in [-0.3, -0.25) is 0 Å². The molecule has 0 spiro atoms. The third-order valence-electron chi connectivity index (χ3n) is 3.78. The third kappa shape index (κ3) is 1.59. The minimum atomic E-state index is 0.107. The van der Waals surface area contributed by atoms with E-state index >= 15 is 0 Å². The molecule has 0 radical (unpaired) electrons. The van der Waals surface area contributed by atoms with E-state index in [-0.39, 0.29) is 10.8 Å². The van der Waals surface area contributed by atoms with Gasteiger partial charge in [0.1, 0.15) is 5.52 Å². The smallest absolute Gasteiger partial charge is 0.152 e. The number of alkyl halides is 1. The molecule has 1 N–H and O–H groups in total. The number of nitrogens with one attached hydrogen (secondary N) is 1. The van der Waals surface area contributed by atoms with Crippen LogP contribution in [0, 0.1) is 5.41 Å². The average Bonchev–Trinajstić information content (AvgIpc) is 2.77. The molecular formula is C12H15ClN4. The maximum absolute atomic E-state index is 6.22. The fourth-order valence-electron chi connectivity index (χ4n) is 2.25. The number of nitrogens with zero attached hydrogens (tertiary/aromatic N) is 3. The van der Waals surface area contributed by atoms with Gasteiger partial charge in [0, 0.05) is 29.2 Å².